The van der Waals surface area contributed by atoms with E-state index in [2.05, 4.69) is 10.2 Å². The largest absolute Gasteiger partial charge is 0.424 e. The van der Waals surface area contributed by atoms with Crippen molar-refractivity contribution in [3.05, 3.63) is 47.2 Å². The molecule has 1 aliphatic heterocycles. The molecule has 0 aliphatic carbocycles. The van der Waals surface area contributed by atoms with Crippen molar-refractivity contribution in [2.24, 2.45) is 0 Å². The molecule has 1 aromatic carbocycles. The van der Waals surface area contributed by atoms with Gasteiger partial charge in [0.1, 0.15) is 6.04 Å². The van der Waals surface area contributed by atoms with Crippen molar-refractivity contribution in [3.63, 3.8) is 0 Å². The molecule has 1 aromatic heterocycles. The second-order valence-corrected chi connectivity index (χ2v) is 7.81. The van der Waals surface area contributed by atoms with Gasteiger partial charge in [-0.3, -0.25) is 0 Å². The van der Waals surface area contributed by atoms with E-state index in [1.807, 2.05) is 30.3 Å². The van der Waals surface area contributed by atoms with E-state index < -0.39 is 16.1 Å². The van der Waals surface area contributed by atoms with E-state index in [4.69, 9.17) is 9.68 Å². The molecule has 1 atom stereocenters. The molecule has 2 heterocycles. The molecule has 0 saturated carbocycles. The van der Waals surface area contributed by atoms with Crippen molar-refractivity contribution < 1.29 is 12.8 Å². The van der Waals surface area contributed by atoms with Gasteiger partial charge in [0, 0.05) is 19.9 Å². The van der Waals surface area contributed by atoms with Gasteiger partial charge < -0.3 is 4.42 Å². The first-order chi connectivity index (χ1) is 11.5. The minimum Gasteiger partial charge on any atom is -0.424 e. The summed E-state index contributed by atoms with van der Waals surface area (Å²) in [5.74, 6) is 0.656. The number of rotatable bonds is 5. The van der Waals surface area contributed by atoms with E-state index in [0.717, 1.165) is 11.1 Å². The molecule has 1 aliphatic rings. The van der Waals surface area contributed by atoms with Gasteiger partial charge in [0.25, 0.3) is 0 Å². The van der Waals surface area contributed by atoms with E-state index in [9.17, 15) is 8.42 Å². The highest BCUT2D eigenvalue weighted by atomic mass is 32.2. The van der Waals surface area contributed by atoms with E-state index in [0.29, 0.717) is 24.6 Å². The van der Waals surface area contributed by atoms with Crippen LogP contribution >= 0.6 is 0 Å². The van der Waals surface area contributed by atoms with E-state index in [1.165, 1.54) is 4.31 Å². The lowest BCUT2D eigenvalue weighted by Gasteiger charge is -2.33. The van der Waals surface area contributed by atoms with Crippen LogP contribution in [0.5, 0.6) is 0 Å². The lowest BCUT2D eigenvalue weighted by molar-refractivity contribution is 0.249. The Morgan fingerprint density at radius 1 is 1.33 bits per heavy atom. The highest BCUT2D eigenvalue weighted by Gasteiger charge is 2.38. The van der Waals surface area contributed by atoms with Crippen molar-refractivity contribution in [3.8, 4) is 6.07 Å². The lowest BCUT2D eigenvalue weighted by Crippen LogP contribution is -2.40. The fourth-order valence-corrected chi connectivity index (χ4v) is 4.53. The van der Waals surface area contributed by atoms with Crippen LogP contribution in [0.25, 0.3) is 0 Å². The van der Waals surface area contributed by atoms with Gasteiger partial charge in [-0.1, -0.05) is 24.3 Å². The molecule has 24 heavy (non-hydrogen) atoms. The van der Waals surface area contributed by atoms with Gasteiger partial charge in [-0.15, -0.1) is 10.2 Å². The topological polar surface area (TPSA) is 100 Å². The predicted molar refractivity (Wildman–Crippen MR) is 86.1 cm³/mol. The van der Waals surface area contributed by atoms with Crippen molar-refractivity contribution in [2.75, 3.05) is 5.75 Å². The first-order valence-corrected chi connectivity index (χ1v) is 9.35. The van der Waals surface area contributed by atoms with Crippen LogP contribution in [0.2, 0.25) is 0 Å². The molecule has 0 fully saturated rings. The Morgan fingerprint density at radius 3 is 2.75 bits per heavy atom. The Balaban J connectivity index is 1.96. The highest BCUT2D eigenvalue weighted by molar-refractivity contribution is 7.89. The molecular formula is C16H18N4O3S. The van der Waals surface area contributed by atoms with Crippen molar-refractivity contribution in [1.82, 2.24) is 14.5 Å². The molecule has 0 spiro atoms. The first kappa shape index (κ1) is 16.6. The molecule has 0 saturated heterocycles. The number of hydrogen-bond acceptors (Lipinski definition) is 6. The van der Waals surface area contributed by atoms with Crippen molar-refractivity contribution >= 4 is 10.0 Å². The van der Waals surface area contributed by atoms with Crippen molar-refractivity contribution in [2.45, 2.75) is 38.8 Å². The molecule has 0 unspecified atom stereocenters. The number of unbranched alkanes of at least 4 members (excludes halogenated alkanes) is 1. The summed E-state index contributed by atoms with van der Waals surface area (Å²) in [5.41, 5.74) is 2.07. The molecule has 126 valence electrons. The number of aromatic nitrogens is 2. The normalized spacial score (nSPS) is 18.1. The summed E-state index contributed by atoms with van der Waals surface area (Å²) in [6.45, 7) is 1.95. The van der Waals surface area contributed by atoms with Crippen molar-refractivity contribution in [1.29, 1.82) is 5.26 Å². The number of sulfonamides is 1. The summed E-state index contributed by atoms with van der Waals surface area (Å²) in [7, 11) is -3.53. The van der Waals surface area contributed by atoms with Crippen LogP contribution in [0.4, 0.5) is 0 Å². The second-order valence-electron chi connectivity index (χ2n) is 5.77. The standard InChI is InChI=1S/C16H18N4O3S/c1-12-18-19-16(23-12)15-10-13-6-2-3-7-14(13)11-20(15)24(21,22)9-5-4-8-17/h2-3,6-7,15H,4-5,9-11H2,1H3/t15-/m0/s1. The van der Waals surface area contributed by atoms with Gasteiger partial charge in [-0.25, -0.2) is 8.42 Å². The summed E-state index contributed by atoms with van der Waals surface area (Å²) in [5, 5.41) is 16.5. The Morgan fingerprint density at radius 2 is 2.08 bits per heavy atom. The zero-order valence-electron chi connectivity index (χ0n) is 13.3. The number of aryl methyl sites for hydroxylation is 1. The van der Waals surface area contributed by atoms with Gasteiger partial charge in [-0.2, -0.15) is 9.57 Å². The molecular weight excluding hydrogens is 328 g/mol. The van der Waals surface area contributed by atoms with E-state index >= 15 is 0 Å². The highest BCUT2D eigenvalue weighted by Crippen LogP contribution is 2.35. The minimum atomic E-state index is -3.53. The number of hydrogen-bond donors (Lipinski definition) is 0. The zero-order valence-corrected chi connectivity index (χ0v) is 14.2. The summed E-state index contributed by atoms with van der Waals surface area (Å²) in [6, 6.07) is 9.24. The lowest BCUT2D eigenvalue weighted by atomic mass is 9.96. The fraction of sp³-hybridized carbons (Fsp3) is 0.438. The Kier molecular flexibility index (Phi) is 4.64. The van der Waals surface area contributed by atoms with Crippen LogP contribution in [0.15, 0.2) is 28.7 Å². The van der Waals surface area contributed by atoms with Gasteiger partial charge in [0.2, 0.25) is 21.8 Å². The number of nitrogens with zero attached hydrogens (tertiary/aromatic N) is 4. The summed E-state index contributed by atoms with van der Waals surface area (Å²) >= 11 is 0. The van der Waals surface area contributed by atoms with Crippen LogP contribution in [0, 0.1) is 18.3 Å². The van der Waals surface area contributed by atoms with Crippen LogP contribution in [-0.2, 0) is 23.0 Å². The molecule has 8 heteroatoms. The smallest absolute Gasteiger partial charge is 0.235 e. The van der Waals surface area contributed by atoms with E-state index in [-0.39, 0.29) is 18.7 Å². The fourth-order valence-electron chi connectivity index (χ4n) is 2.90. The Bertz CT molecular complexity index is 869. The first-order valence-electron chi connectivity index (χ1n) is 7.74. The maximum Gasteiger partial charge on any atom is 0.235 e. The Hall–Kier alpha value is -2.24. The molecule has 3 rings (SSSR count). The average Bonchev–Trinajstić information content (AvgIpc) is 3.00. The number of nitriles is 1. The third-order valence-electron chi connectivity index (χ3n) is 4.08. The number of benzene rings is 1. The van der Waals surface area contributed by atoms with Gasteiger partial charge in [0.15, 0.2) is 0 Å². The summed E-state index contributed by atoms with van der Waals surface area (Å²) < 4.78 is 32.5. The molecule has 0 N–H and O–H groups in total. The molecule has 7 nitrogen and oxygen atoms in total. The zero-order chi connectivity index (χ0) is 17.2. The van der Waals surface area contributed by atoms with Gasteiger partial charge >= 0.3 is 0 Å². The SMILES string of the molecule is Cc1nnc([C@@H]2Cc3ccccc3CN2S(=O)(=O)CCCC#N)o1. The molecule has 0 amide bonds. The summed E-state index contributed by atoms with van der Waals surface area (Å²) in [4.78, 5) is 0. The van der Waals surface area contributed by atoms with Crippen LogP contribution in [0.1, 0.15) is 41.8 Å². The molecule has 0 bridgehead atoms. The molecule has 0 radical (unpaired) electrons. The maximum absolute atomic E-state index is 12.8. The minimum absolute atomic E-state index is 0.0631. The van der Waals surface area contributed by atoms with Crippen LogP contribution < -0.4 is 0 Å². The Labute approximate surface area is 141 Å². The monoisotopic (exact) mass is 346 g/mol. The summed E-state index contributed by atoms with van der Waals surface area (Å²) in [6.07, 6.45) is 1.02. The van der Waals surface area contributed by atoms with Gasteiger partial charge in [-0.05, 0) is 24.0 Å². The quantitative estimate of drug-likeness (QED) is 0.769. The maximum atomic E-state index is 12.8. The average molecular weight is 346 g/mol. The molecule has 2 aromatic rings. The van der Waals surface area contributed by atoms with Gasteiger partial charge in [0.05, 0.1) is 11.8 Å². The second kappa shape index (κ2) is 6.71. The third kappa shape index (κ3) is 3.32. The van der Waals surface area contributed by atoms with Crippen LogP contribution in [-0.4, -0.2) is 28.7 Å². The predicted octanol–water partition coefficient (Wildman–Crippen LogP) is 2.11. The van der Waals surface area contributed by atoms with Crippen LogP contribution in [0.3, 0.4) is 0 Å². The number of fused-ring (bicyclic) bond motifs is 1. The van der Waals surface area contributed by atoms with E-state index in [1.54, 1.807) is 6.92 Å². The third-order valence-corrected chi connectivity index (χ3v) is 5.98.